The van der Waals surface area contributed by atoms with Gasteiger partial charge in [0.1, 0.15) is 17.7 Å². The first-order chi connectivity index (χ1) is 4.38. The van der Waals surface area contributed by atoms with Crippen LogP contribution in [0.2, 0.25) is 0 Å². The van der Waals surface area contributed by atoms with E-state index in [4.69, 9.17) is 10.5 Å². The van der Waals surface area contributed by atoms with Gasteiger partial charge in [0.05, 0.1) is 6.20 Å². The highest BCUT2D eigenvalue weighted by Crippen LogP contribution is 2.02. The maximum Gasteiger partial charge on any atom is 0.253 e. The van der Waals surface area contributed by atoms with E-state index in [1.807, 2.05) is 0 Å². The van der Waals surface area contributed by atoms with Crippen LogP contribution in [-0.4, -0.2) is 5.16 Å². The molecule has 0 fully saturated rings. The third kappa shape index (κ3) is 0.731. The second-order valence-electron chi connectivity index (χ2n) is 1.29. The molecule has 0 aliphatic heterocycles. The average molecular weight is 119 g/mol. The van der Waals surface area contributed by atoms with Crippen molar-refractivity contribution in [3.63, 3.8) is 0 Å². The standard InChI is InChI=1S/C5HN3O/c6-1-4-3-8-9-5(4)2-7/h3H. The fraction of sp³-hybridized carbons (Fsp3) is 0. The summed E-state index contributed by atoms with van der Waals surface area (Å²) in [5.74, 6) is -0.0301. The zero-order chi connectivity index (χ0) is 6.69. The average Bonchev–Trinajstić information content (AvgIpc) is 2.33. The van der Waals surface area contributed by atoms with Crippen LogP contribution in [0, 0.1) is 22.7 Å². The highest BCUT2D eigenvalue weighted by molar-refractivity contribution is 5.35. The Morgan fingerprint density at radius 3 is 2.67 bits per heavy atom. The first kappa shape index (κ1) is 5.33. The predicted octanol–water partition coefficient (Wildman–Crippen LogP) is 0.418. The van der Waals surface area contributed by atoms with Crippen molar-refractivity contribution in [1.82, 2.24) is 5.16 Å². The summed E-state index contributed by atoms with van der Waals surface area (Å²) in [6.07, 6.45) is 1.21. The van der Waals surface area contributed by atoms with Crippen molar-refractivity contribution >= 4 is 0 Å². The quantitative estimate of drug-likeness (QED) is 0.496. The SMILES string of the molecule is N#Cc1cnoc1C#N. The highest BCUT2D eigenvalue weighted by Gasteiger charge is 2.03. The van der Waals surface area contributed by atoms with E-state index in [0.29, 0.717) is 0 Å². The van der Waals surface area contributed by atoms with E-state index in [1.165, 1.54) is 6.20 Å². The lowest BCUT2D eigenvalue weighted by atomic mass is 10.3. The normalized spacial score (nSPS) is 7.78. The lowest BCUT2D eigenvalue weighted by Gasteiger charge is -1.70. The minimum absolute atomic E-state index is 0.0301. The Labute approximate surface area is 50.9 Å². The molecule has 1 aromatic rings. The van der Waals surface area contributed by atoms with Crippen LogP contribution in [0.3, 0.4) is 0 Å². The molecule has 0 aromatic carbocycles. The van der Waals surface area contributed by atoms with Crippen LogP contribution in [-0.2, 0) is 0 Å². The van der Waals surface area contributed by atoms with Gasteiger partial charge in [0.25, 0.3) is 5.76 Å². The monoisotopic (exact) mass is 119 g/mol. The Morgan fingerprint density at radius 1 is 1.44 bits per heavy atom. The van der Waals surface area contributed by atoms with E-state index >= 15 is 0 Å². The topological polar surface area (TPSA) is 73.6 Å². The van der Waals surface area contributed by atoms with E-state index in [1.54, 1.807) is 12.1 Å². The Morgan fingerprint density at radius 2 is 2.22 bits per heavy atom. The van der Waals surface area contributed by atoms with Crippen LogP contribution in [0.15, 0.2) is 10.7 Å². The summed E-state index contributed by atoms with van der Waals surface area (Å²) in [7, 11) is 0. The molecule has 0 spiro atoms. The molecule has 42 valence electrons. The van der Waals surface area contributed by atoms with Crippen molar-refractivity contribution < 1.29 is 4.52 Å². The highest BCUT2D eigenvalue weighted by atomic mass is 16.5. The molecule has 0 amide bonds. The van der Waals surface area contributed by atoms with Gasteiger partial charge < -0.3 is 4.52 Å². The smallest absolute Gasteiger partial charge is 0.253 e. The summed E-state index contributed by atoms with van der Waals surface area (Å²) in [5.41, 5.74) is 0.178. The van der Waals surface area contributed by atoms with Crippen LogP contribution >= 0.6 is 0 Å². The van der Waals surface area contributed by atoms with Crippen molar-refractivity contribution in [2.75, 3.05) is 0 Å². The number of aromatic nitrogens is 1. The molecule has 1 aromatic heterocycles. The number of hydrogen-bond donors (Lipinski definition) is 0. The Kier molecular flexibility index (Phi) is 1.17. The number of rotatable bonds is 0. The summed E-state index contributed by atoms with van der Waals surface area (Å²) in [6.45, 7) is 0. The molecule has 1 heterocycles. The van der Waals surface area contributed by atoms with Gasteiger partial charge in [0, 0.05) is 0 Å². The van der Waals surface area contributed by atoms with E-state index in [-0.39, 0.29) is 11.3 Å². The van der Waals surface area contributed by atoms with Gasteiger partial charge in [0.2, 0.25) is 0 Å². The second kappa shape index (κ2) is 1.97. The van der Waals surface area contributed by atoms with Crippen LogP contribution in [0.5, 0.6) is 0 Å². The molecule has 1 rings (SSSR count). The second-order valence-corrected chi connectivity index (χ2v) is 1.29. The molecule has 0 unspecified atom stereocenters. The lowest BCUT2D eigenvalue weighted by molar-refractivity contribution is 0.409. The van der Waals surface area contributed by atoms with Gasteiger partial charge in [-0.15, -0.1) is 0 Å². The van der Waals surface area contributed by atoms with Crippen molar-refractivity contribution in [3.8, 4) is 12.1 Å². The Bertz CT molecular complexity index is 259. The predicted molar refractivity (Wildman–Crippen MR) is 25.9 cm³/mol. The molecule has 0 radical (unpaired) electrons. The zero-order valence-electron chi connectivity index (χ0n) is 4.33. The van der Waals surface area contributed by atoms with E-state index in [2.05, 4.69) is 9.68 Å². The number of nitrogens with zero attached hydrogens (tertiary/aromatic N) is 3. The molecule has 0 saturated heterocycles. The van der Waals surface area contributed by atoms with Crippen molar-refractivity contribution in [2.24, 2.45) is 0 Å². The summed E-state index contributed by atoms with van der Waals surface area (Å²) >= 11 is 0. The third-order valence-corrected chi connectivity index (χ3v) is 0.792. The summed E-state index contributed by atoms with van der Waals surface area (Å²) in [6, 6.07) is 3.42. The molecule has 0 aliphatic carbocycles. The molecule has 0 atom stereocenters. The van der Waals surface area contributed by atoms with Gasteiger partial charge in [-0.05, 0) is 0 Å². The molecular formula is C5HN3O. The molecule has 0 saturated carbocycles. The van der Waals surface area contributed by atoms with E-state index in [0.717, 1.165) is 0 Å². The number of hydrogen-bond acceptors (Lipinski definition) is 4. The largest absolute Gasteiger partial charge is 0.344 e. The third-order valence-electron chi connectivity index (χ3n) is 0.792. The maximum atomic E-state index is 8.24. The summed E-state index contributed by atoms with van der Waals surface area (Å²) in [5, 5.41) is 19.7. The van der Waals surface area contributed by atoms with Gasteiger partial charge in [-0.25, -0.2) is 0 Å². The molecular weight excluding hydrogens is 118 g/mol. The molecule has 0 bridgehead atoms. The van der Waals surface area contributed by atoms with Gasteiger partial charge in [0.15, 0.2) is 0 Å². The molecule has 4 nitrogen and oxygen atoms in total. The first-order valence-electron chi connectivity index (χ1n) is 2.13. The van der Waals surface area contributed by atoms with Crippen molar-refractivity contribution in [3.05, 3.63) is 17.5 Å². The summed E-state index contributed by atoms with van der Waals surface area (Å²) in [4.78, 5) is 0. The van der Waals surface area contributed by atoms with E-state index in [9.17, 15) is 0 Å². The first-order valence-corrected chi connectivity index (χ1v) is 2.13. The van der Waals surface area contributed by atoms with E-state index < -0.39 is 0 Å². The van der Waals surface area contributed by atoms with Gasteiger partial charge >= 0.3 is 0 Å². The van der Waals surface area contributed by atoms with Crippen LogP contribution in [0.25, 0.3) is 0 Å². The molecule has 0 N–H and O–H groups in total. The maximum absolute atomic E-state index is 8.24. The Balaban J connectivity index is 3.22. The van der Waals surface area contributed by atoms with Gasteiger partial charge in [-0.3, -0.25) is 0 Å². The zero-order valence-corrected chi connectivity index (χ0v) is 4.33. The fourth-order valence-corrected chi connectivity index (χ4v) is 0.400. The minimum atomic E-state index is -0.0301. The Hall–Kier alpha value is -1.81. The van der Waals surface area contributed by atoms with Crippen molar-refractivity contribution in [2.45, 2.75) is 0 Å². The molecule has 0 aliphatic rings. The van der Waals surface area contributed by atoms with Crippen LogP contribution < -0.4 is 0 Å². The van der Waals surface area contributed by atoms with Gasteiger partial charge in [-0.1, -0.05) is 5.16 Å². The van der Waals surface area contributed by atoms with Crippen molar-refractivity contribution in [1.29, 1.82) is 10.5 Å². The molecule has 9 heavy (non-hydrogen) atoms. The summed E-state index contributed by atoms with van der Waals surface area (Å²) < 4.78 is 4.37. The van der Waals surface area contributed by atoms with Gasteiger partial charge in [-0.2, -0.15) is 10.5 Å². The van der Waals surface area contributed by atoms with Crippen LogP contribution in [0.1, 0.15) is 11.3 Å². The minimum Gasteiger partial charge on any atom is -0.344 e. The van der Waals surface area contributed by atoms with Crippen LogP contribution in [0.4, 0.5) is 0 Å². The lowest BCUT2D eigenvalue weighted by Crippen LogP contribution is -1.70. The fourth-order valence-electron chi connectivity index (χ4n) is 0.400. The molecule has 4 heteroatoms. The number of nitriles is 2.